The van der Waals surface area contributed by atoms with E-state index in [4.69, 9.17) is 9.47 Å². The molecule has 1 atom stereocenters. The Kier molecular flexibility index (Phi) is 4.67. The number of carbonyl (C=O) groups is 2. The second kappa shape index (κ2) is 6.21. The SMILES string of the molecule is CC1(C)OC(=O)C(C(C#C[Si](C)(C)C)c2ccccc2)C(=O)O1. The van der Waals surface area contributed by atoms with Crippen LogP contribution in [0.3, 0.4) is 0 Å². The Morgan fingerprint density at radius 2 is 1.57 bits per heavy atom. The van der Waals surface area contributed by atoms with E-state index in [1.165, 1.54) is 0 Å². The third-order valence-electron chi connectivity index (χ3n) is 3.30. The predicted octanol–water partition coefficient (Wildman–Crippen LogP) is 3.10. The van der Waals surface area contributed by atoms with E-state index in [-0.39, 0.29) is 0 Å². The molecule has 0 N–H and O–H groups in total. The quantitative estimate of drug-likeness (QED) is 0.362. The normalized spacial score (nSPS) is 19.2. The highest BCUT2D eigenvalue weighted by atomic mass is 28.3. The summed E-state index contributed by atoms with van der Waals surface area (Å²) in [4.78, 5) is 24.8. The molecule has 0 aliphatic carbocycles. The van der Waals surface area contributed by atoms with Crippen molar-refractivity contribution in [2.75, 3.05) is 0 Å². The summed E-state index contributed by atoms with van der Waals surface area (Å²) in [5.41, 5.74) is 4.07. The van der Waals surface area contributed by atoms with Gasteiger partial charge in [0.1, 0.15) is 8.07 Å². The van der Waals surface area contributed by atoms with Gasteiger partial charge in [-0.1, -0.05) is 50.0 Å². The summed E-state index contributed by atoms with van der Waals surface area (Å²) in [6.45, 7) is 9.43. The Bertz CT molecular complexity index is 642. The fourth-order valence-electron chi connectivity index (χ4n) is 2.31. The van der Waals surface area contributed by atoms with Crippen molar-refractivity contribution < 1.29 is 19.1 Å². The average molecular weight is 330 g/mol. The van der Waals surface area contributed by atoms with Crippen LogP contribution in [-0.2, 0) is 19.1 Å². The minimum absolute atomic E-state index is 0.556. The zero-order valence-corrected chi connectivity index (χ0v) is 15.2. The first-order chi connectivity index (χ1) is 10.6. The second-order valence-electron chi connectivity index (χ2n) is 7.13. The van der Waals surface area contributed by atoms with Gasteiger partial charge in [0.2, 0.25) is 0 Å². The van der Waals surface area contributed by atoms with E-state index in [9.17, 15) is 9.59 Å². The van der Waals surface area contributed by atoms with E-state index >= 15 is 0 Å². The molecule has 1 saturated heterocycles. The molecule has 0 bridgehead atoms. The standard InChI is InChI=1S/C18H22O4Si/c1-18(2)21-16(19)15(17(20)22-18)14(11-12-23(3,4)5)13-9-7-6-8-10-13/h6-10,14-15H,1-5H3. The van der Waals surface area contributed by atoms with Crippen LogP contribution in [0.2, 0.25) is 19.6 Å². The summed E-state index contributed by atoms with van der Waals surface area (Å²) in [5.74, 6) is -0.841. The number of esters is 2. The lowest BCUT2D eigenvalue weighted by Crippen LogP contribution is -2.48. The highest BCUT2D eigenvalue weighted by Gasteiger charge is 2.47. The Morgan fingerprint density at radius 1 is 1.04 bits per heavy atom. The summed E-state index contributed by atoms with van der Waals surface area (Å²) in [7, 11) is -1.65. The highest BCUT2D eigenvalue weighted by Crippen LogP contribution is 2.33. The third kappa shape index (κ3) is 4.46. The maximum absolute atomic E-state index is 12.4. The maximum atomic E-state index is 12.4. The van der Waals surface area contributed by atoms with E-state index < -0.39 is 37.6 Å². The monoisotopic (exact) mass is 330 g/mol. The number of ether oxygens (including phenoxy) is 2. The minimum Gasteiger partial charge on any atom is -0.422 e. The molecule has 1 aliphatic heterocycles. The predicted molar refractivity (Wildman–Crippen MR) is 90.1 cm³/mol. The van der Waals surface area contributed by atoms with E-state index in [1.54, 1.807) is 13.8 Å². The largest absolute Gasteiger partial charge is 0.422 e. The number of hydrogen-bond acceptors (Lipinski definition) is 4. The summed E-state index contributed by atoms with van der Waals surface area (Å²) in [6.07, 6.45) is 0. The van der Waals surface area contributed by atoms with Crippen LogP contribution in [0.15, 0.2) is 30.3 Å². The number of cyclic esters (lactones) is 2. The summed E-state index contributed by atoms with van der Waals surface area (Å²) < 4.78 is 10.5. The summed E-state index contributed by atoms with van der Waals surface area (Å²) >= 11 is 0. The highest BCUT2D eigenvalue weighted by molar-refractivity contribution is 6.83. The molecule has 1 aliphatic rings. The number of hydrogen-bond donors (Lipinski definition) is 0. The molecular weight excluding hydrogens is 308 g/mol. The Morgan fingerprint density at radius 3 is 2.04 bits per heavy atom. The molecule has 1 unspecified atom stereocenters. The zero-order valence-electron chi connectivity index (χ0n) is 14.2. The van der Waals surface area contributed by atoms with Crippen molar-refractivity contribution in [3.05, 3.63) is 35.9 Å². The van der Waals surface area contributed by atoms with Gasteiger partial charge < -0.3 is 9.47 Å². The lowest BCUT2D eigenvalue weighted by Gasteiger charge is -2.34. The number of carbonyl (C=O) groups excluding carboxylic acids is 2. The molecule has 0 amide bonds. The number of benzene rings is 1. The van der Waals surface area contributed by atoms with Crippen LogP contribution < -0.4 is 0 Å². The molecule has 0 saturated carbocycles. The van der Waals surface area contributed by atoms with Gasteiger partial charge in [0.15, 0.2) is 5.92 Å². The van der Waals surface area contributed by atoms with Gasteiger partial charge >= 0.3 is 11.9 Å². The lowest BCUT2D eigenvalue weighted by atomic mass is 9.86. The topological polar surface area (TPSA) is 52.6 Å². The molecule has 1 aromatic carbocycles. The number of rotatable bonds is 2. The Labute approximate surface area is 138 Å². The minimum atomic E-state index is -1.65. The van der Waals surface area contributed by atoms with Crippen LogP contribution in [0.25, 0.3) is 0 Å². The van der Waals surface area contributed by atoms with Crippen molar-refractivity contribution in [2.24, 2.45) is 5.92 Å². The van der Waals surface area contributed by atoms with Crippen molar-refractivity contribution in [3.8, 4) is 11.5 Å². The molecule has 0 aromatic heterocycles. The van der Waals surface area contributed by atoms with Crippen LogP contribution in [0.1, 0.15) is 25.3 Å². The van der Waals surface area contributed by atoms with Crippen molar-refractivity contribution >= 4 is 20.0 Å². The van der Waals surface area contributed by atoms with Crippen molar-refractivity contribution in [1.29, 1.82) is 0 Å². The molecule has 5 heteroatoms. The van der Waals surface area contributed by atoms with Gasteiger partial charge in [-0.15, -0.1) is 11.5 Å². The van der Waals surface area contributed by atoms with Crippen molar-refractivity contribution in [1.82, 2.24) is 0 Å². The molecule has 0 spiro atoms. The van der Waals surface area contributed by atoms with Gasteiger partial charge in [0.25, 0.3) is 5.79 Å². The zero-order chi connectivity index (χ0) is 17.3. The van der Waals surface area contributed by atoms with Crippen molar-refractivity contribution in [3.63, 3.8) is 0 Å². The fourth-order valence-corrected chi connectivity index (χ4v) is 2.90. The van der Waals surface area contributed by atoms with Gasteiger partial charge in [0.05, 0.1) is 5.92 Å². The molecule has 0 radical (unpaired) electrons. The van der Waals surface area contributed by atoms with E-state index in [2.05, 4.69) is 31.1 Å². The first-order valence-electron chi connectivity index (χ1n) is 7.62. The third-order valence-corrected chi connectivity index (χ3v) is 4.19. The fraction of sp³-hybridized carbons (Fsp3) is 0.444. The van der Waals surface area contributed by atoms with Crippen LogP contribution >= 0.6 is 0 Å². The van der Waals surface area contributed by atoms with Gasteiger partial charge in [-0.25, -0.2) is 0 Å². The molecule has 1 fully saturated rings. The van der Waals surface area contributed by atoms with Gasteiger partial charge in [-0.05, 0) is 5.56 Å². The summed E-state index contributed by atoms with van der Waals surface area (Å²) in [5, 5.41) is 0. The molecule has 23 heavy (non-hydrogen) atoms. The van der Waals surface area contributed by atoms with Crippen LogP contribution in [0.4, 0.5) is 0 Å². The van der Waals surface area contributed by atoms with E-state index in [0.29, 0.717) is 0 Å². The Balaban J connectivity index is 2.43. The van der Waals surface area contributed by atoms with E-state index in [0.717, 1.165) is 5.56 Å². The van der Waals surface area contributed by atoms with Gasteiger partial charge in [-0.2, -0.15) is 0 Å². The van der Waals surface area contributed by atoms with Crippen molar-refractivity contribution in [2.45, 2.75) is 45.2 Å². The molecule has 4 nitrogen and oxygen atoms in total. The molecule has 1 heterocycles. The molecule has 2 rings (SSSR count). The van der Waals surface area contributed by atoms with Gasteiger partial charge in [-0.3, -0.25) is 9.59 Å². The first-order valence-corrected chi connectivity index (χ1v) is 11.1. The Hall–Kier alpha value is -2.06. The van der Waals surface area contributed by atoms with Crippen LogP contribution in [-0.4, -0.2) is 25.8 Å². The molecular formula is C18H22O4Si. The second-order valence-corrected chi connectivity index (χ2v) is 11.9. The first kappa shape index (κ1) is 17.3. The molecule has 122 valence electrons. The van der Waals surface area contributed by atoms with E-state index in [1.807, 2.05) is 30.3 Å². The smallest absolute Gasteiger partial charge is 0.325 e. The van der Waals surface area contributed by atoms with Gasteiger partial charge in [0, 0.05) is 13.8 Å². The van der Waals surface area contributed by atoms with Crippen LogP contribution in [0.5, 0.6) is 0 Å². The lowest BCUT2D eigenvalue weighted by molar-refractivity contribution is -0.240. The molecule has 1 aromatic rings. The van der Waals surface area contributed by atoms with Crippen LogP contribution in [0, 0.1) is 17.4 Å². The summed E-state index contributed by atoms with van der Waals surface area (Å²) in [6, 6.07) is 9.34. The maximum Gasteiger partial charge on any atom is 0.325 e. The average Bonchev–Trinajstić information content (AvgIpc) is 2.40.